The minimum absolute atomic E-state index is 0.0245. The molecule has 2 rings (SSSR count). The van der Waals surface area contributed by atoms with Gasteiger partial charge in [-0.1, -0.05) is 25.1 Å². The van der Waals surface area contributed by atoms with Crippen LogP contribution in [0.25, 0.3) is 0 Å². The van der Waals surface area contributed by atoms with Crippen molar-refractivity contribution in [1.82, 2.24) is 5.32 Å². The molecule has 4 heteroatoms. The Kier molecular flexibility index (Phi) is 5.37. The lowest BCUT2D eigenvalue weighted by molar-refractivity contribution is 0.412. The molecule has 0 amide bonds. The highest BCUT2D eigenvalue weighted by atomic mass is 79.9. The van der Waals surface area contributed by atoms with E-state index in [4.69, 9.17) is 4.74 Å². The monoisotopic (exact) mass is 351 g/mol. The quantitative estimate of drug-likeness (QED) is 0.849. The molecule has 0 bridgehead atoms. The van der Waals surface area contributed by atoms with Gasteiger partial charge in [0.05, 0.1) is 17.6 Å². The number of benzene rings is 2. The second-order valence-corrected chi connectivity index (χ2v) is 5.75. The molecule has 1 atom stereocenters. The maximum atomic E-state index is 13.5. The van der Waals surface area contributed by atoms with E-state index in [1.165, 1.54) is 6.07 Å². The molecule has 21 heavy (non-hydrogen) atoms. The first-order valence-electron chi connectivity index (χ1n) is 6.89. The fourth-order valence-electron chi connectivity index (χ4n) is 2.34. The minimum atomic E-state index is -0.176. The van der Waals surface area contributed by atoms with Crippen LogP contribution in [0.1, 0.15) is 29.7 Å². The van der Waals surface area contributed by atoms with E-state index in [0.717, 1.165) is 27.9 Å². The van der Waals surface area contributed by atoms with Gasteiger partial charge in [0.1, 0.15) is 11.6 Å². The van der Waals surface area contributed by atoms with Crippen molar-refractivity contribution in [1.29, 1.82) is 0 Å². The Morgan fingerprint density at radius 2 is 1.86 bits per heavy atom. The third-order valence-corrected chi connectivity index (χ3v) is 4.05. The van der Waals surface area contributed by atoms with Crippen molar-refractivity contribution in [3.8, 4) is 5.75 Å². The number of rotatable bonds is 5. The highest BCUT2D eigenvalue weighted by Gasteiger charge is 2.15. The number of methoxy groups -OCH3 is 1. The number of hydrogen-bond donors (Lipinski definition) is 1. The van der Waals surface area contributed by atoms with Crippen LogP contribution in [-0.4, -0.2) is 13.7 Å². The molecule has 0 heterocycles. The van der Waals surface area contributed by atoms with E-state index in [0.29, 0.717) is 5.56 Å². The van der Waals surface area contributed by atoms with Crippen molar-refractivity contribution in [3.63, 3.8) is 0 Å². The van der Waals surface area contributed by atoms with E-state index < -0.39 is 0 Å². The van der Waals surface area contributed by atoms with Crippen molar-refractivity contribution < 1.29 is 9.13 Å². The molecule has 0 fully saturated rings. The van der Waals surface area contributed by atoms with Gasteiger partial charge in [-0.15, -0.1) is 0 Å². The molecule has 0 radical (unpaired) electrons. The van der Waals surface area contributed by atoms with Crippen LogP contribution in [0.2, 0.25) is 0 Å². The Bertz CT molecular complexity index is 630. The maximum Gasteiger partial charge on any atom is 0.133 e. The van der Waals surface area contributed by atoms with Crippen LogP contribution in [0, 0.1) is 12.7 Å². The molecule has 112 valence electrons. The summed E-state index contributed by atoms with van der Waals surface area (Å²) in [6.45, 7) is 4.67. The standard InChI is InChI=1S/C17H19BrFNO/c1-4-20-17(12-5-7-15(19)11(2)9-12)13-6-8-16(21-3)14(18)10-13/h5-10,17,20H,4H2,1-3H3. The van der Waals surface area contributed by atoms with Crippen molar-refractivity contribution in [2.24, 2.45) is 0 Å². The summed E-state index contributed by atoms with van der Waals surface area (Å²) in [5.41, 5.74) is 2.81. The summed E-state index contributed by atoms with van der Waals surface area (Å²) >= 11 is 3.51. The van der Waals surface area contributed by atoms with Crippen LogP contribution in [0.3, 0.4) is 0 Å². The van der Waals surface area contributed by atoms with Crippen LogP contribution in [-0.2, 0) is 0 Å². The van der Waals surface area contributed by atoms with Gasteiger partial charge in [-0.2, -0.15) is 0 Å². The summed E-state index contributed by atoms with van der Waals surface area (Å²) in [5.74, 6) is 0.620. The lowest BCUT2D eigenvalue weighted by atomic mass is 9.97. The second-order valence-electron chi connectivity index (χ2n) is 4.89. The summed E-state index contributed by atoms with van der Waals surface area (Å²) in [6, 6.07) is 11.2. The Hall–Kier alpha value is -1.39. The van der Waals surface area contributed by atoms with Crippen molar-refractivity contribution in [2.75, 3.05) is 13.7 Å². The lowest BCUT2D eigenvalue weighted by Gasteiger charge is -2.20. The zero-order valence-corrected chi connectivity index (χ0v) is 14.0. The Labute approximate surface area is 133 Å². The van der Waals surface area contributed by atoms with Crippen LogP contribution in [0.5, 0.6) is 5.75 Å². The molecular formula is C17H19BrFNO. The number of nitrogens with one attached hydrogen (secondary N) is 1. The predicted octanol–water partition coefficient (Wildman–Crippen LogP) is 4.60. The Morgan fingerprint density at radius 1 is 1.19 bits per heavy atom. The van der Waals surface area contributed by atoms with Crippen molar-refractivity contribution in [2.45, 2.75) is 19.9 Å². The van der Waals surface area contributed by atoms with Crippen LogP contribution < -0.4 is 10.1 Å². The maximum absolute atomic E-state index is 13.5. The fourth-order valence-corrected chi connectivity index (χ4v) is 2.90. The van der Waals surface area contributed by atoms with Gasteiger partial charge in [0, 0.05) is 0 Å². The second kappa shape index (κ2) is 7.05. The molecule has 0 saturated heterocycles. The summed E-state index contributed by atoms with van der Waals surface area (Å²) in [5, 5.41) is 3.44. The third kappa shape index (κ3) is 3.63. The van der Waals surface area contributed by atoms with E-state index in [1.807, 2.05) is 30.3 Å². The van der Waals surface area contributed by atoms with Crippen molar-refractivity contribution in [3.05, 3.63) is 63.4 Å². The molecule has 0 aliphatic carbocycles. The molecule has 2 aromatic carbocycles. The van der Waals surface area contributed by atoms with E-state index in [2.05, 4.69) is 28.2 Å². The van der Waals surface area contributed by atoms with Gasteiger partial charge in [0.2, 0.25) is 0 Å². The zero-order chi connectivity index (χ0) is 15.4. The van der Waals surface area contributed by atoms with E-state index in [1.54, 1.807) is 14.0 Å². The first-order chi connectivity index (χ1) is 10.1. The highest BCUT2D eigenvalue weighted by molar-refractivity contribution is 9.10. The van der Waals surface area contributed by atoms with E-state index >= 15 is 0 Å². The first-order valence-corrected chi connectivity index (χ1v) is 7.69. The smallest absolute Gasteiger partial charge is 0.133 e. The lowest BCUT2D eigenvalue weighted by Crippen LogP contribution is -2.22. The normalized spacial score (nSPS) is 12.2. The van der Waals surface area contributed by atoms with Crippen molar-refractivity contribution >= 4 is 15.9 Å². The van der Waals surface area contributed by atoms with Gasteiger partial charge in [0.25, 0.3) is 0 Å². The van der Waals surface area contributed by atoms with E-state index in [9.17, 15) is 4.39 Å². The molecule has 1 N–H and O–H groups in total. The Morgan fingerprint density at radius 3 is 2.43 bits per heavy atom. The van der Waals surface area contributed by atoms with Crippen LogP contribution in [0.4, 0.5) is 4.39 Å². The average Bonchev–Trinajstić information content (AvgIpc) is 2.48. The Balaban J connectivity index is 2.42. The number of ether oxygens (including phenoxy) is 1. The molecule has 0 spiro atoms. The molecule has 2 aromatic rings. The van der Waals surface area contributed by atoms with Crippen LogP contribution >= 0.6 is 15.9 Å². The van der Waals surface area contributed by atoms with Crippen LogP contribution in [0.15, 0.2) is 40.9 Å². The summed E-state index contributed by atoms with van der Waals surface area (Å²) in [6.07, 6.45) is 0. The number of hydrogen-bond acceptors (Lipinski definition) is 2. The van der Waals surface area contributed by atoms with Gasteiger partial charge < -0.3 is 10.1 Å². The molecule has 1 unspecified atom stereocenters. The number of halogens is 2. The zero-order valence-electron chi connectivity index (χ0n) is 12.4. The summed E-state index contributed by atoms with van der Waals surface area (Å²) in [4.78, 5) is 0. The molecule has 2 nitrogen and oxygen atoms in total. The highest BCUT2D eigenvalue weighted by Crippen LogP contribution is 2.31. The average molecular weight is 352 g/mol. The van der Waals surface area contributed by atoms with Gasteiger partial charge in [-0.05, 0) is 64.3 Å². The topological polar surface area (TPSA) is 21.3 Å². The van der Waals surface area contributed by atoms with E-state index in [-0.39, 0.29) is 11.9 Å². The SMILES string of the molecule is CCNC(c1ccc(F)c(C)c1)c1ccc(OC)c(Br)c1. The van der Waals surface area contributed by atoms with Gasteiger partial charge >= 0.3 is 0 Å². The first kappa shape index (κ1) is 16.0. The summed E-state index contributed by atoms with van der Waals surface area (Å²) in [7, 11) is 1.64. The molecule has 0 saturated carbocycles. The minimum Gasteiger partial charge on any atom is -0.496 e. The third-order valence-electron chi connectivity index (χ3n) is 3.43. The fraction of sp³-hybridized carbons (Fsp3) is 0.294. The summed E-state index contributed by atoms with van der Waals surface area (Å²) < 4.78 is 19.6. The number of aryl methyl sites for hydroxylation is 1. The molecular weight excluding hydrogens is 333 g/mol. The van der Waals surface area contributed by atoms with Gasteiger partial charge in [-0.3, -0.25) is 0 Å². The molecule has 0 aliphatic heterocycles. The predicted molar refractivity (Wildman–Crippen MR) is 87.4 cm³/mol. The van der Waals surface area contributed by atoms with Gasteiger partial charge in [0.15, 0.2) is 0 Å². The van der Waals surface area contributed by atoms with Gasteiger partial charge in [-0.25, -0.2) is 4.39 Å². The molecule has 0 aliphatic rings. The molecule has 0 aromatic heterocycles. The largest absolute Gasteiger partial charge is 0.496 e.